The average molecular weight is 420 g/mol. The Kier molecular flexibility index (Phi) is 4.35. The third kappa shape index (κ3) is 3.45. The molecule has 0 bridgehead atoms. The SMILES string of the molecule is CC1(C)Cc2cc(NC(=O)c3cnn4cccnc34)c(N3CCC(C(N)=O)C3)cc2O1. The lowest BCUT2D eigenvalue weighted by Gasteiger charge is -2.23. The molecule has 31 heavy (non-hydrogen) atoms. The third-order valence-corrected chi connectivity index (χ3v) is 5.88. The van der Waals surface area contributed by atoms with Crippen LogP contribution in [0.25, 0.3) is 5.65 Å². The minimum Gasteiger partial charge on any atom is -0.487 e. The van der Waals surface area contributed by atoms with Crippen molar-refractivity contribution in [3.8, 4) is 5.75 Å². The van der Waals surface area contributed by atoms with E-state index < -0.39 is 0 Å². The molecule has 5 rings (SSSR count). The Labute approximate surface area is 179 Å². The molecule has 3 N–H and O–H groups in total. The molecule has 2 aromatic heterocycles. The monoisotopic (exact) mass is 420 g/mol. The first kappa shape index (κ1) is 19.3. The second-order valence-corrected chi connectivity index (χ2v) is 8.75. The minimum absolute atomic E-state index is 0.210. The second kappa shape index (κ2) is 6.97. The highest BCUT2D eigenvalue weighted by Crippen LogP contribution is 2.42. The summed E-state index contributed by atoms with van der Waals surface area (Å²) < 4.78 is 7.67. The predicted octanol–water partition coefficient (Wildman–Crippen LogP) is 2.01. The zero-order valence-electron chi connectivity index (χ0n) is 17.5. The van der Waals surface area contributed by atoms with Crippen molar-refractivity contribution >= 4 is 28.8 Å². The topological polar surface area (TPSA) is 115 Å². The molecule has 0 aliphatic carbocycles. The summed E-state index contributed by atoms with van der Waals surface area (Å²) in [7, 11) is 0. The van der Waals surface area contributed by atoms with E-state index in [1.165, 1.54) is 6.20 Å². The number of hydrogen-bond donors (Lipinski definition) is 2. The fourth-order valence-electron chi connectivity index (χ4n) is 4.39. The third-order valence-electron chi connectivity index (χ3n) is 5.88. The lowest BCUT2D eigenvalue weighted by Crippen LogP contribution is -2.28. The van der Waals surface area contributed by atoms with Gasteiger partial charge in [0.2, 0.25) is 5.91 Å². The average Bonchev–Trinajstić information content (AvgIpc) is 3.42. The maximum Gasteiger partial charge on any atom is 0.261 e. The Morgan fingerprint density at radius 3 is 2.94 bits per heavy atom. The molecule has 1 fully saturated rings. The minimum atomic E-state index is -0.310. The Hall–Kier alpha value is -3.62. The number of nitrogens with zero attached hydrogens (tertiary/aromatic N) is 4. The number of hydrogen-bond acceptors (Lipinski definition) is 6. The number of aromatic nitrogens is 3. The van der Waals surface area contributed by atoms with Gasteiger partial charge in [0.1, 0.15) is 16.9 Å². The number of amides is 2. The quantitative estimate of drug-likeness (QED) is 0.667. The number of ether oxygens (including phenoxy) is 1. The van der Waals surface area contributed by atoms with Crippen molar-refractivity contribution in [2.45, 2.75) is 32.3 Å². The molecule has 1 saturated heterocycles. The van der Waals surface area contributed by atoms with Crippen LogP contribution < -0.4 is 20.7 Å². The van der Waals surface area contributed by atoms with Gasteiger partial charge in [0.15, 0.2) is 5.65 Å². The van der Waals surface area contributed by atoms with Gasteiger partial charge in [-0.1, -0.05) is 0 Å². The predicted molar refractivity (Wildman–Crippen MR) is 115 cm³/mol. The van der Waals surface area contributed by atoms with Crippen molar-refractivity contribution in [3.05, 3.63) is 47.9 Å². The van der Waals surface area contributed by atoms with Crippen LogP contribution in [0.15, 0.2) is 36.8 Å². The van der Waals surface area contributed by atoms with Gasteiger partial charge in [0.25, 0.3) is 5.91 Å². The van der Waals surface area contributed by atoms with Gasteiger partial charge in [-0.05, 0) is 32.4 Å². The van der Waals surface area contributed by atoms with Crippen LogP contribution >= 0.6 is 0 Å². The number of carbonyl (C=O) groups is 2. The van der Waals surface area contributed by atoms with Crippen molar-refractivity contribution in [2.75, 3.05) is 23.3 Å². The number of carbonyl (C=O) groups excluding carboxylic acids is 2. The second-order valence-electron chi connectivity index (χ2n) is 8.75. The molecule has 1 aromatic carbocycles. The van der Waals surface area contributed by atoms with Crippen LogP contribution in [0, 0.1) is 5.92 Å². The van der Waals surface area contributed by atoms with Crippen LogP contribution in [0.5, 0.6) is 5.75 Å². The highest BCUT2D eigenvalue weighted by Gasteiger charge is 2.34. The van der Waals surface area contributed by atoms with E-state index in [-0.39, 0.29) is 23.3 Å². The molecule has 2 amide bonds. The molecule has 1 atom stereocenters. The fourth-order valence-corrected chi connectivity index (χ4v) is 4.39. The zero-order valence-corrected chi connectivity index (χ0v) is 17.5. The van der Waals surface area contributed by atoms with Crippen LogP contribution in [0.1, 0.15) is 36.2 Å². The Morgan fingerprint density at radius 2 is 2.16 bits per heavy atom. The van der Waals surface area contributed by atoms with Crippen LogP contribution in [-0.4, -0.2) is 45.1 Å². The van der Waals surface area contributed by atoms with Crippen LogP contribution in [0.2, 0.25) is 0 Å². The Balaban J connectivity index is 1.51. The van der Waals surface area contributed by atoms with E-state index >= 15 is 0 Å². The first-order chi connectivity index (χ1) is 14.8. The lowest BCUT2D eigenvalue weighted by molar-refractivity contribution is -0.121. The van der Waals surface area contributed by atoms with E-state index in [0.717, 1.165) is 23.4 Å². The smallest absolute Gasteiger partial charge is 0.261 e. The standard InChI is InChI=1S/C22H24N6O3/c1-22(2)10-14-8-16(26-21(30)15-11-25-28-6-3-5-24-20(15)28)17(9-18(14)31-22)27-7-4-13(12-27)19(23)29/h3,5-6,8-9,11,13H,4,7,10,12H2,1-2H3,(H2,23,29)(H,26,30). The van der Waals surface area contributed by atoms with Gasteiger partial charge in [0, 0.05) is 43.5 Å². The van der Waals surface area contributed by atoms with E-state index in [0.29, 0.717) is 36.4 Å². The summed E-state index contributed by atoms with van der Waals surface area (Å²) in [6.07, 6.45) is 6.31. The maximum atomic E-state index is 13.1. The molecular formula is C22H24N6O3. The van der Waals surface area contributed by atoms with E-state index in [2.05, 4.69) is 20.3 Å². The maximum absolute atomic E-state index is 13.1. The number of anilines is 2. The van der Waals surface area contributed by atoms with Gasteiger partial charge < -0.3 is 20.7 Å². The first-order valence-electron chi connectivity index (χ1n) is 10.3. The lowest BCUT2D eigenvalue weighted by atomic mass is 10.0. The first-order valence-corrected chi connectivity index (χ1v) is 10.3. The van der Waals surface area contributed by atoms with Crippen molar-refractivity contribution in [2.24, 2.45) is 11.7 Å². The van der Waals surface area contributed by atoms with Crippen LogP contribution in [0.3, 0.4) is 0 Å². The molecule has 4 heterocycles. The molecule has 3 aromatic rings. The molecule has 9 nitrogen and oxygen atoms in total. The van der Waals surface area contributed by atoms with Crippen molar-refractivity contribution < 1.29 is 14.3 Å². The van der Waals surface area contributed by atoms with Crippen molar-refractivity contribution in [1.29, 1.82) is 0 Å². The van der Waals surface area contributed by atoms with Gasteiger partial charge in [-0.2, -0.15) is 5.10 Å². The molecular weight excluding hydrogens is 396 g/mol. The Morgan fingerprint density at radius 1 is 1.32 bits per heavy atom. The summed E-state index contributed by atoms with van der Waals surface area (Å²) in [6.45, 7) is 5.26. The number of nitrogens with one attached hydrogen (secondary N) is 1. The summed E-state index contributed by atoms with van der Waals surface area (Å²) in [6, 6.07) is 5.68. The fraction of sp³-hybridized carbons (Fsp3) is 0.364. The number of primary amides is 1. The van der Waals surface area contributed by atoms with Crippen LogP contribution in [0.4, 0.5) is 11.4 Å². The summed E-state index contributed by atoms with van der Waals surface area (Å²) in [4.78, 5) is 31.2. The molecule has 0 spiro atoms. The molecule has 1 unspecified atom stereocenters. The summed E-state index contributed by atoms with van der Waals surface area (Å²) in [5, 5.41) is 7.24. The van der Waals surface area contributed by atoms with Gasteiger partial charge in [-0.25, -0.2) is 9.50 Å². The molecule has 9 heteroatoms. The van der Waals surface area contributed by atoms with Crippen molar-refractivity contribution in [1.82, 2.24) is 14.6 Å². The largest absolute Gasteiger partial charge is 0.487 e. The normalized spacial score (nSPS) is 19.3. The summed E-state index contributed by atoms with van der Waals surface area (Å²) in [5.74, 6) is -0.000983. The highest BCUT2D eigenvalue weighted by atomic mass is 16.5. The van der Waals surface area contributed by atoms with E-state index in [4.69, 9.17) is 10.5 Å². The number of fused-ring (bicyclic) bond motifs is 2. The van der Waals surface area contributed by atoms with Gasteiger partial charge in [-0.3, -0.25) is 9.59 Å². The molecule has 2 aliphatic heterocycles. The van der Waals surface area contributed by atoms with Gasteiger partial charge in [0.05, 0.1) is 23.5 Å². The number of nitrogens with two attached hydrogens (primary N) is 1. The van der Waals surface area contributed by atoms with E-state index in [1.54, 1.807) is 23.0 Å². The Bertz CT molecular complexity index is 1200. The molecule has 0 saturated carbocycles. The summed E-state index contributed by atoms with van der Waals surface area (Å²) in [5.41, 5.74) is 8.61. The summed E-state index contributed by atoms with van der Waals surface area (Å²) >= 11 is 0. The van der Waals surface area contributed by atoms with Crippen molar-refractivity contribution in [3.63, 3.8) is 0 Å². The molecule has 160 valence electrons. The van der Waals surface area contributed by atoms with E-state index in [9.17, 15) is 9.59 Å². The zero-order chi connectivity index (χ0) is 21.8. The van der Waals surface area contributed by atoms with Gasteiger partial charge in [-0.15, -0.1) is 0 Å². The van der Waals surface area contributed by atoms with Crippen LogP contribution in [-0.2, 0) is 11.2 Å². The highest BCUT2D eigenvalue weighted by molar-refractivity contribution is 6.09. The molecule has 0 radical (unpaired) electrons. The molecule has 2 aliphatic rings. The van der Waals surface area contributed by atoms with Gasteiger partial charge >= 0.3 is 0 Å². The van der Waals surface area contributed by atoms with E-state index in [1.807, 2.05) is 26.0 Å². The number of benzene rings is 1. The number of rotatable bonds is 4.